The summed E-state index contributed by atoms with van der Waals surface area (Å²) in [7, 11) is 0. The summed E-state index contributed by atoms with van der Waals surface area (Å²) in [5, 5.41) is 12.5. The summed E-state index contributed by atoms with van der Waals surface area (Å²) >= 11 is 0. The second-order valence-electron chi connectivity index (χ2n) is 5.33. The highest BCUT2D eigenvalue weighted by molar-refractivity contribution is 5.96. The van der Waals surface area contributed by atoms with Crippen LogP contribution >= 0.6 is 0 Å². The van der Waals surface area contributed by atoms with Gasteiger partial charge < -0.3 is 20.5 Å². The van der Waals surface area contributed by atoms with E-state index in [1.807, 2.05) is 0 Å². The average Bonchev–Trinajstić information content (AvgIpc) is 2.59. The molecule has 148 valence electrons. The van der Waals surface area contributed by atoms with Crippen LogP contribution < -0.4 is 10.6 Å². The third-order valence-electron chi connectivity index (χ3n) is 3.24. The number of benzene rings is 1. The lowest BCUT2D eigenvalue weighted by atomic mass is 10.1. The van der Waals surface area contributed by atoms with Crippen molar-refractivity contribution >= 4 is 23.9 Å². The van der Waals surface area contributed by atoms with Gasteiger partial charge in [0.15, 0.2) is 0 Å². The Labute approximate surface area is 151 Å². The number of esters is 1. The van der Waals surface area contributed by atoms with E-state index in [1.165, 1.54) is 17.4 Å². The normalized spacial score (nSPS) is 12.0. The molecule has 0 heterocycles. The van der Waals surface area contributed by atoms with Crippen LogP contribution in [-0.2, 0) is 14.3 Å². The van der Waals surface area contributed by atoms with Crippen molar-refractivity contribution in [2.75, 3.05) is 6.54 Å². The molecular formula is C16H17F3N2O6. The Kier molecular flexibility index (Phi) is 8.24. The number of amides is 2. The number of carboxylic acids is 1. The Morgan fingerprint density at radius 2 is 1.70 bits per heavy atom. The molecule has 8 nitrogen and oxygen atoms in total. The van der Waals surface area contributed by atoms with Crippen molar-refractivity contribution < 1.29 is 42.2 Å². The van der Waals surface area contributed by atoms with E-state index in [4.69, 9.17) is 5.11 Å². The van der Waals surface area contributed by atoms with Crippen molar-refractivity contribution in [1.82, 2.24) is 10.6 Å². The molecule has 0 saturated heterocycles. The third-order valence-corrected chi connectivity index (χ3v) is 3.24. The number of ether oxygens (including phenoxy) is 1. The summed E-state index contributed by atoms with van der Waals surface area (Å²) in [5.41, 5.74) is 0.178. The van der Waals surface area contributed by atoms with E-state index < -0.39 is 36.2 Å². The van der Waals surface area contributed by atoms with Gasteiger partial charge in [0.1, 0.15) is 6.04 Å². The van der Waals surface area contributed by atoms with Crippen LogP contribution in [0.3, 0.4) is 0 Å². The highest BCUT2D eigenvalue weighted by Crippen LogP contribution is 2.15. The summed E-state index contributed by atoms with van der Waals surface area (Å²) in [6.45, 7) is 0.000456. The predicted molar refractivity (Wildman–Crippen MR) is 84.7 cm³/mol. The number of hydrogen-bond acceptors (Lipinski definition) is 5. The summed E-state index contributed by atoms with van der Waals surface area (Å²) in [6, 6.07) is 6.06. The molecule has 0 bridgehead atoms. The van der Waals surface area contributed by atoms with Crippen molar-refractivity contribution in [2.24, 2.45) is 0 Å². The molecule has 1 aromatic carbocycles. The van der Waals surface area contributed by atoms with Gasteiger partial charge in [-0.25, -0.2) is 14.4 Å². The highest BCUT2D eigenvalue weighted by atomic mass is 19.4. The largest absolute Gasteiger partial charge is 0.480 e. The number of halogens is 3. The SMILES string of the molecule is O=C(NCCCC[C@H](NC(=O)C(F)(F)F)C(=O)O)OC(=O)c1ccccc1. The number of rotatable bonds is 8. The fourth-order valence-electron chi connectivity index (χ4n) is 1.91. The molecule has 1 rings (SSSR count). The fraction of sp³-hybridized carbons (Fsp3) is 0.375. The van der Waals surface area contributed by atoms with Gasteiger partial charge in [0.2, 0.25) is 0 Å². The highest BCUT2D eigenvalue weighted by Gasteiger charge is 2.40. The van der Waals surface area contributed by atoms with Crippen LogP contribution in [0.15, 0.2) is 30.3 Å². The smallest absolute Gasteiger partial charge is 0.471 e. The van der Waals surface area contributed by atoms with Gasteiger partial charge >= 0.3 is 30.1 Å². The van der Waals surface area contributed by atoms with Gasteiger partial charge in [-0.2, -0.15) is 13.2 Å². The van der Waals surface area contributed by atoms with Gasteiger partial charge in [-0.05, 0) is 31.4 Å². The Bertz CT molecular complexity index is 678. The molecule has 0 spiro atoms. The Hall–Kier alpha value is -3.11. The number of carbonyl (C=O) groups excluding carboxylic acids is 3. The zero-order valence-corrected chi connectivity index (χ0v) is 13.9. The van der Waals surface area contributed by atoms with Crippen molar-refractivity contribution in [2.45, 2.75) is 31.5 Å². The Balaban J connectivity index is 2.29. The average molecular weight is 390 g/mol. The zero-order chi connectivity index (χ0) is 20.4. The zero-order valence-electron chi connectivity index (χ0n) is 13.9. The maximum Gasteiger partial charge on any atom is 0.471 e. The summed E-state index contributed by atoms with van der Waals surface area (Å²) in [4.78, 5) is 44.7. The van der Waals surface area contributed by atoms with Crippen LogP contribution in [0.5, 0.6) is 0 Å². The van der Waals surface area contributed by atoms with Gasteiger partial charge in [-0.15, -0.1) is 0 Å². The van der Waals surface area contributed by atoms with Gasteiger partial charge in [0, 0.05) is 6.54 Å². The lowest BCUT2D eigenvalue weighted by molar-refractivity contribution is -0.175. The van der Waals surface area contributed by atoms with Crippen molar-refractivity contribution in [1.29, 1.82) is 0 Å². The van der Waals surface area contributed by atoms with E-state index in [0.717, 1.165) is 0 Å². The lowest BCUT2D eigenvalue weighted by Crippen LogP contribution is -2.46. The number of nitrogens with one attached hydrogen (secondary N) is 2. The molecular weight excluding hydrogens is 373 g/mol. The Morgan fingerprint density at radius 1 is 1.07 bits per heavy atom. The maximum absolute atomic E-state index is 12.1. The molecule has 0 unspecified atom stereocenters. The van der Waals surface area contributed by atoms with Gasteiger partial charge in [-0.1, -0.05) is 18.2 Å². The number of unbranched alkanes of at least 4 members (excludes halogenated alkanes) is 1. The van der Waals surface area contributed by atoms with E-state index in [1.54, 1.807) is 18.2 Å². The van der Waals surface area contributed by atoms with Crippen molar-refractivity contribution in [3.8, 4) is 0 Å². The van der Waals surface area contributed by atoms with E-state index in [-0.39, 0.29) is 31.4 Å². The molecule has 2 amide bonds. The number of hydrogen-bond donors (Lipinski definition) is 3. The number of carbonyl (C=O) groups is 4. The first-order valence-corrected chi connectivity index (χ1v) is 7.77. The summed E-state index contributed by atoms with van der Waals surface area (Å²) < 4.78 is 40.9. The molecule has 1 aromatic rings. The van der Waals surface area contributed by atoms with Crippen LogP contribution in [-0.4, -0.2) is 47.8 Å². The first-order chi connectivity index (χ1) is 12.6. The molecule has 0 aliphatic heterocycles. The van der Waals surface area contributed by atoms with Crippen LogP contribution in [0, 0.1) is 0 Å². The third kappa shape index (κ3) is 8.21. The quantitative estimate of drug-likeness (QED) is 0.354. The molecule has 1 atom stereocenters. The molecule has 27 heavy (non-hydrogen) atoms. The van der Waals surface area contributed by atoms with Gasteiger partial charge in [-0.3, -0.25) is 4.79 Å². The molecule has 11 heteroatoms. The standard InChI is InChI=1S/C16H17F3N2O6/c17-16(18,19)14(25)21-11(12(22)23)8-4-5-9-20-15(26)27-13(24)10-6-2-1-3-7-10/h1-3,6-7,11H,4-5,8-9H2,(H,20,26)(H,21,25)(H,22,23)/t11-/m0/s1. The van der Waals surface area contributed by atoms with Crippen molar-refractivity contribution in [3.05, 3.63) is 35.9 Å². The number of carboxylic acid groups (broad SMARTS) is 1. The fourth-order valence-corrected chi connectivity index (χ4v) is 1.91. The predicted octanol–water partition coefficient (Wildman–Crippen LogP) is 1.86. The molecule has 0 fully saturated rings. The summed E-state index contributed by atoms with van der Waals surface area (Å²) in [6.07, 6.45) is -6.16. The monoisotopic (exact) mass is 390 g/mol. The first-order valence-electron chi connectivity index (χ1n) is 7.77. The van der Waals surface area contributed by atoms with Crippen LogP contribution in [0.1, 0.15) is 29.6 Å². The molecule has 0 aromatic heterocycles. The minimum atomic E-state index is -5.18. The second kappa shape index (κ2) is 10.1. The molecule has 0 saturated carbocycles. The van der Waals surface area contributed by atoms with Gasteiger partial charge in [0.05, 0.1) is 5.56 Å². The Morgan fingerprint density at radius 3 is 2.26 bits per heavy atom. The van der Waals surface area contributed by atoms with E-state index in [9.17, 15) is 32.3 Å². The second-order valence-corrected chi connectivity index (χ2v) is 5.33. The van der Waals surface area contributed by atoms with Gasteiger partial charge in [0.25, 0.3) is 0 Å². The number of alkyl carbamates (subject to hydrolysis) is 1. The lowest BCUT2D eigenvalue weighted by Gasteiger charge is -2.15. The van der Waals surface area contributed by atoms with Crippen LogP contribution in [0.25, 0.3) is 0 Å². The minimum absolute atomic E-state index is 0.000456. The summed E-state index contributed by atoms with van der Waals surface area (Å²) in [5.74, 6) is -4.79. The van der Waals surface area contributed by atoms with Crippen molar-refractivity contribution in [3.63, 3.8) is 0 Å². The topological polar surface area (TPSA) is 122 Å². The number of alkyl halides is 3. The molecule has 3 N–H and O–H groups in total. The van der Waals surface area contributed by atoms with Crippen LogP contribution in [0.4, 0.5) is 18.0 Å². The minimum Gasteiger partial charge on any atom is -0.480 e. The number of aliphatic carboxylic acids is 1. The van der Waals surface area contributed by atoms with Crippen LogP contribution in [0.2, 0.25) is 0 Å². The van der Waals surface area contributed by atoms with E-state index >= 15 is 0 Å². The van der Waals surface area contributed by atoms with E-state index in [2.05, 4.69) is 10.1 Å². The molecule has 0 aliphatic carbocycles. The van der Waals surface area contributed by atoms with E-state index in [0.29, 0.717) is 0 Å². The maximum atomic E-state index is 12.1. The first kappa shape index (κ1) is 21.9. The molecule has 0 aliphatic rings. The molecule has 0 radical (unpaired) electrons.